The van der Waals surface area contributed by atoms with Crippen LogP contribution >= 0.6 is 11.3 Å². The molecule has 1 heterocycles. The van der Waals surface area contributed by atoms with E-state index in [1.165, 1.54) is 0 Å². The molecule has 0 unspecified atom stereocenters. The molecule has 8 heteroatoms. The van der Waals surface area contributed by atoms with E-state index in [4.69, 9.17) is 0 Å². The first-order valence-electron chi connectivity index (χ1n) is 10.7. The first-order chi connectivity index (χ1) is 15.9. The van der Waals surface area contributed by atoms with Gasteiger partial charge in [-0.3, -0.25) is 4.79 Å². The van der Waals surface area contributed by atoms with Crippen molar-refractivity contribution in [2.75, 3.05) is 13.1 Å². The Labute approximate surface area is 197 Å². The van der Waals surface area contributed by atoms with E-state index in [0.29, 0.717) is 13.0 Å². The zero-order valence-corrected chi connectivity index (χ0v) is 19.9. The van der Waals surface area contributed by atoms with E-state index in [9.17, 15) is 13.2 Å². The van der Waals surface area contributed by atoms with Crippen LogP contribution < -0.4 is 10.0 Å². The van der Waals surface area contributed by atoms with Crippen molar-refractivity contribution in [2.24, 2.45) is 0 Å². The highest BCUT2D eigenvalue weighted by atomic mass is 32.2. The van der Waals surface area contributed by atoms with Crippen LogP contribution in [0.5, 0.6) is 0 Å². The minimum absolute atomic E-state index is 0.0444. The van der Waals surface area contributed by atoms with Gasteiger partial charge in [0.05, 0.1) is 15.6 Å². The Bertz CT molecular complexity index is 1360. The first-order valence-corrected chi connectivity index (χ1v) is 13.0. The van der Waals surface area contributed by atoms with Crippen LogP contribution in [0.1, 0.15) is 17.0 Å². The maximum Gasteiger partial charge on any atom is 0.240 e. The first kappa shape index (κ1) is 23.1. The van der Waals surface area contributed by atoms with Crippen LogP contribution in [0, 0.1) is 6.92 Å². The Kier molecular flexibility index (Phi) is 7.17. The smallest absolute Gasteiger partial charge is 0.240 e. The van der Waals surface area contributed by atoms with Gasteiger partial charge in [-0.15, -0.1) is 11.3 Å². The maximum absolute atomic E-state index is 12.5. The van der Waals surface area contributed by atoms with Gasteiger partial charge in [0.15, 0.2) is 0 Å². The summed E-state index contributed by atoms with van der Waals surface area (Å²) in [7, 11) is -3.67. The van der Waals surface area contributed by atoms with Crippen LogP contribution in [0.4, 0.5) is 0 Å². The van der Waals surface area contributed by atoms with Gasteiger partial charge >= 0.3 is 0 Å². The van der Waals surface area contributed by atoms with E-state index in [0.717, 1.165) is 32.6 Å². The highest BCUT2D eigenvalue weighted by Crippen LogP contribution is 2.22. The molecule has 0 saturated heterocycles. The summed E-state index contributed by atoms with van der Waals surface area (Å²) in [5.74, 6) is -0.189. The van der Waals surface area contributed by atoms with E-state index >= 15 is 0 Å². The molecule has 1 amide bonds. The number of aromatic nitrogens is 1. The number of carbonyl (C=O) groups is 1. The van der Waals surface area contributed by atoms with Crippen LogP contribution in [0.3, 0.4) is 0 Å². The van der Waals surface area contributed by atoms with Gasteiger partial charge in [0, 0.05) is 30.5 Å². The molecule has 4 rings (SSSR count). The van der Waals surface area contributed by atoms with Crippen molar-refractivity contribution >= 4 is 38.0 Å². The predicted octanol–water partition coefficient (Wildman–Crippen LogP) is 4.30. The molecule has 33 heavy (non-hydrogen) atoms. The molecule has 2 N–H and O–H groups in total. The fourth-order valence-electron chi connectivity index (χ4n) is 3.49. The van der Waals surface area contributed by atoms with Crippen LogP contribution in [0.2, 0.25) is 0 Å². The molecule has 0 bridgehead atoms. The van der Waals surface area contributed by atoms with Crippen molar-refractivity contribution in [1.29, 1.82) is 0 Å². The van der Waals surface area contributed by atoms with Crippen LogP contribution in [0.25, 0.3) is 22.0 Å². The molecule has 0 radical (unpaired) electrons. The molecule has 0 aliphatic rings. The van der Waals surface area contributed by atoms with Gasteiger partial charge in [-0.25, -0.2) is 18.1 Å². The average molecular weight is 480 g/mol. The van der Waals surface area contributed by atoms with Gasteiger partial charge in [-0.05, 0) is 41.8 Å². The van der Waals surface area contributed by atoms with E-state index in [1.54, 1.807) is 29.5 Å². The summed E-state index contributed by atoms with van der Waals surface area (Å²) in [5, 5.41) is 7.76. The molecule has 0 spiro atoms. The van der Waals surface area contributed by atoms with E-state index in [1.807, 2.05) is 60.8 Å². The third kappa shape index (κ3) is 6.04. The lowest BCUT2D eigenvalue weighted by Gasteiger charge is -2.09. The Morgan fingerprint density at radius 2 is 1.73 bits per heavy atom. The van der Waals surface area contributed by atoms with Crippen molar-refractivity contribution in [3.63, 3.8) is 0 Å². The number of amides is 1. The molecular formula is C25H25N3O3S2. The van der Waals surface area contributed by atoms with E-state index < -0.39 is 10.0 Å². The third-order valence-corrected chi connectivity index (χ3v) is 7.51. The fourth-order valence-corrected chi connectivity index (χ4v) is 5.18. The minimum Gasteiger partial charge on any atom is -0.356 e. The third-order valence-electron chi connectivity index (χ3n) is 5.28. The summed E-state index contributed by atoms with van der Waals surface area (Å²) in [5.41, 5.74) is 3.16. The second kappa shape index (κ2) is 10.2. The molecule has 4 aromatic rings. The molecule has 0 saturated carbocycles. The number of nitrogens with zero attached hydrogens (tertiary/aromatic N) is 1. The minimum atomic E-state index is -3.67. The molecule has 0 fully saturated rings. The Morgan fingerprint density at radius 1 is 0.970 bits per heavy atom. The van der Waals surface area contributed by atoms with Gasteiger partial charge in [0.25, 0.3) is 0 Å². The number of thiazole rings is 1. The number of hydrogen-bond acceptors (Lipinski definition) is 5. The number of sulfonamides is 1. The predicted molar refractivity (Wildman–Crippen MR) is 133 cm³/mol. The quantitative estimate of drug-likeness (QED) is 0.375. The second-order valence-electron chi connectivity index (χ2n) is 7.71. The summed E-state index contributed by atoms with van der Waals surface area (Å²) >= 11 is 1.63. The van der Waals surface area contributed by atoms with Crippen molar-refractivity contribution in [3.05, 3.63) is 82.7 Å². The molecule has 6 nitrogen and oxygen atoms in total. The highest BCUT2D eigenvalue weighted by molar-refractivity contribution is 7.89. The highest BCUT2D eigenvalue weighted by Gasteiger charge is 2.14. The van der Waals surface area contributed by atoms with Crippen LogP contribution in [-0.4, -0.2) is 32.4 Å². The van der Waals surface area contributed by atoms with Crippen molar-refractivity contribution in [3.8, 4) is 11.3 Å². The standard InChI is InChI=1S/C25H25N3O3S2/c1-18-28-24(17-32-18)21-8-6-19(7-9-21)12-14-26-25(29)13-15-27-33(30,31)23-11-10-20-4-2-3-5-22(20)16-23/h2-11,16-17,27H,12-15H2,1H3,(H,26,29). The monoisotopic (exact) mass is 479 g/mol. The second-order valence-corrected chi connectivity index (χ2v) is 10.5. The van der Waals surface area contributed by atoms with Crippen molar-refractivity contribution < 1.29 is 13.2 Å². The number of aryl methyl sites for hydroxylation is 1. The zero-order chi connectivity index (χ0) is 23.3. The number of fused-ring (bicyclic) bond motifs is 1. The molecular weight excluding hydrogens is 454 g/mol. The summed E-state index contributed by atoms with van der Waals surface area (Å²) in [4.78, 5) is 16.8. The number of benzene rings is 3. The van der Waals surface area contributed by atoms with Crippen LogP contribution in [0.15, 0.2) is 77.0 Å². The van der Waals surface area contributed by atoms with Crippen LogP contribution in [-0.2, 0) is 21.2 Å². The molecule has 0 aliphatic carbocycles. The number of nitrogens with one attached hydrogen (secondary N) is 2. The topological polar surface area (TPSA) is 88.2 Å². The zero-order valence-electron chi connectivity index (χ0n) is 18.2. The summed E-state index contributed by atoms with van der Waals surface area (Å²) < 4.78 is 27.6. The van der Waals surface area contributed by atoms with Crippen molar-refractivity contribution in [1.82, 2.24) is 15.0 Å². The Balaban J connectivity index is 1.21. The summed E-state index contributed by atoms with van der Waals surface area (Å²) in [6, 6.07) is 20.7. The number of rotatable bonds is 9. The molecule has 3 aromatic carbocycles. The normalized spacial score (nSPS) is 11.5. The SMILES string of the molecule is Cc1nc(-c2ccc(CCNC(=O)CCNS(=O)(=O)c3ccc4ccccc4c3)cc2)cs1. The Morgan fingerprint density at radius 3 is 2.45 bits per heavy atom. The van der Waals surface area contributed by atoms with Crippen molar-refractivity contribution in [2.45, 2.75) is 24.7 Å². The summed E-state index contributed by atoms with van der Waals surface area (Å²) in [6.45, 7) is 2.52. The maximum atomic E-state index is 12.5. The molecule has 170 valence electrons. The average Bonchev–Trinajstić information content (AvgIpc) is 3.25. The lowest BCUT2D eigenvalue weighted by atomic mass is 10.1. The number of hydrogen-bond donors (Lipinski definition) is 2. The van der Waals surface area contributed by atoms with Gasteiger partial charge in [-0.2, -0.15) is 0 Å². The number of carbonyl (C=O) groups excluding carboxylic acids is 1. The van der Waals surface area contributed by atoms with E-state index in [2.05, 4.69) is 15.0 Å². The molecule has 0 aliphatic heterocycles. The van der Waals surface area contributed by atoms with Gasteiger partial charge < -0.3 is 5.32 Å². The molecule has 0 atom stereocenters. The summed E-state index contributed by atoms with van der Waals surface area (Å²) in [6.07, 6.45) is 0.778. The van der Waals surface area contributed by atoms with Gasteiger partial charge in [0.1, 0.15) is 0 Å². The lowest BCUT2D eigenvalue weighted by molar-refractivity contribution is -0.120. The van der Waals surface area contributed by atoms with Gasteiger partial charge in [0.2, 0.25) is 15.9 Å². The Hall–Kier alpha value is -3.07. The largest absolute Gasteiger partial charge is 0.356 e. The van der Waals surface area contributed by atoms with E-state index in [-0.39, 0.29) is 23.8 Å². The lowest BCUT2D eigenvalue weighted by Crippen LogP contribution is -2.31. The van der Waals surface area contributed by atoms with Gasteiger partial charge in [-0.1, -0.05) is 54.6 Å². The fraction of sp³-hybridized carbons (Fsp3) is 0.200. The molecule has 1 aromatic heterocycles.